The van der Waals surface area contributed by atoms with E-state index in [4.69, 9.17) is 28.1 Å². The fraction of sp³-hybridized carbons (Fsp3) is 0.429. The van der Waals surface area contributed by atoms with E-state index in [2.05, 4.69) is 9.47 Å². The molecule has 0 aromatic heterocycles. The van der Waals surface area contributed by atoms with Gasteiger partial charge in [0.2, 0.25) is 0 Å². The van der Waals surface area contributed by atoms with Crippen molar-refractivity contribution in [1.29, 1.82) is 0 Å². The Bertz CT molecular complexity index is 815. The Balaban J connectivity index is 2.81. The molecule has 1 N–H and O–H groups in total. The van der Waals surface area contributed by atoms with Gasteiger partial charge < -0.3 is 9.47 Å². The number of halogens is 2. The van der Waals surface area contributed by atoms with Crippen LogP contribution in [0.15, 0.2) is 12.1 Å². The van der Waals surface area contributed by atoms with E-state index in [1.807, 2.05) is 0 Å². The topological polar surface area (TPSA) is 107 Å². The fourth-order valence-electron chi connectivity index (χ4n) is 2.00. The van der Waals surface area contributed by atoms with Crippen LogP contribution in [-0.4, -0.2) is 66.9 Å². The normalized spacial score (nSPS) is 11.8. The molecule has 0 aliphatic heterocycles. The summed E-state index contributed by atoms with van der Waals surface area (Å²) in [6.07, 6.45) is 0.0884. The average Bonchev–Trinajstić information content (AvgIpc) is 2.62. The van der Waals surface area contributed by atoms with Crippen molar-refractivity contribution in [3.8, 4) is 0 Å². The lowest BCUT2D eigenvalue weighted by Gasteiger charge is -2.15. The SMILES string of the molecule is [B]Cc1cc(C[B])c(C[B])c(C(=O)OCC(=O)OCC(F)(F)S(=O)(=O)O)c1. The van der Waals surface area contributed by atoms with Crippen LogP contribution in [0.2, 0.25) is 0 Å². The minimum absolute atomic E-state index is 0.00281. The summed E-state index contributed by atoms with van der Waals surface area (Å²) >= 11 is 0. The molecular weight excluding hydrogens is 383 g/mol. The Labute approximate surface area is 158 Å². The smallest absolute Gasteiger partial charge is 0.402 e. The number of benzene rings is 1. The van der Waals surface area contributed by atoms with Crippen molar-refractivity contribution in [3.05, 3.63) is 34.4 Å². The van der Waals surface area contributed by atoms with E-state index in [1.165, 1.54) is 6.07 Å². The van der Waals surface area contributed by atoms with Crippen LogP contribution in [0, 0.1) is 0 Å². The molecular formula is C14H13B3F2O7S. The van der Waals surface area contributed by atoms with E-state index in [0.29, 0.717) is 16.7 Å². The molecule has 6 radical (unpaired) electrons. The van der Waals surface area contributed by atoms with E-state index in [0.717, 1.165) is 0 Å². The zero-order chi connectivity index (χ0) is 20.8. The first-order valence-electron chi connectivity index (χ1n) is 7.39. The van der Waals surface area contributed by atoms with Crippen LogP contribution in [0.4, 0.5) is 8.78 Å². The Hall–Kier alpha value is -1.88. The van der Waals surface area contributed by atoms with Gasteiger partial charge in [0.25, 0.3) is 0 Å². The third-order valence-corrected chi connectivity index (χ3v) is 4.25. The molecule has 0 aliphatic carbocycles. The highest BCUT2D eigenvalue weighted by Crippen LogP contribution is 2.21. The number of alkyl halides is 2. The second-order valence-electron chi connectivity index (χ2n) is 5.24. The van der Waals surface area contributed by atoms with Gasteiger partial charge in [-0.25, -0.2) is 9.59 Å². The van der Waals surface area contributed by atoms with Crippen LogP contribution in [0.25, 0.3) is 0 Å². The molecule has 1 aromatic rings. The highest BCUT2D eigenvalue weighted by Gasteiger charge is 2.45. The third-order valence-electron chi connectivity index (χ3n) is 3.38. The van der Waals surface area contributed by atoms with E-state index < -0.39 is 40.5 Å². The molecule has 0 heterocycles. The Morgan fingerprint density at radius 3 is 2.19 bits per heavy atom. The van der Waals surface area contributed by atoms with E-state index >= 15 is 0 Å². The summed E-state index contributed by atoms with van der Waals surface area (Å²) in [7, 11) is 11.0. The summed E-state index contributed by atoms with van der Waals surface area (Å²) in [6.45, 7) is -3.01. The van der Waals surface area contributed by atoms with Crippen LogP contribution >= 0.6 is 0 Å². The van der Waals surface area contributed by atoms with Gasteiger partial charge in [0.1, 0.15) is 0 Å². The monoisotopic (exact) mass is 396 g/mol. The lowest BCUT2D eigenvalue weighted by Crippen LogP contribution is -2.35. The maximum Gasteiger partial charge on any atom is 0.402 e. The Kier molecular flexibility index (Phi) is 8.03. The van der Waals surface area contributed by atoms with Crippen molar-refractivity contribution in [1.82, 2.24) is 0 Å². The van der Waals surface area contributed by atoms with Crippen LogP contribution in [0.1, 0.15) is 27.0 Å². The molecule has 13 heteroatoms. The first-order valence-corrected chi connectivity index (χ1v) is 8.83. The molecule has 0 saturated heterocycles. The molecule has 0 aliphatic rings. The molecule has 0 bridgehead atoms. The first kappa shape index (κ1) is 23.2. The molecule has 0 amide bonds. The number of ether oxygens (including phenoxy) is 2. The van der Waals surface area contributed by atoms with Crippen molar-refractivity contribution >= 4 is 45.6 Å². The van der Waals surface area contributed by atoms with Gasteiger partial charge in [-0.1, -0.05) is 36.2 Å². The van der Waals surface area contributed by atoms with Gasteiger partial charge in [-0.15, -0.1) is 0 Å². The van der Waals surface area contributed by atoms with Crippen molar-refractivity contribution in [2.24, 2.45) is 0 Å². The first-order chi connectivity index (χ1) is 12.5. The van der Waals surface area contributed by atoms with E-state index in [1.54, 1.807) is 6.07 Å². The van der Waals surface area contributed by atoms with Gasteiger partial charge in [-0.3, -0.25) is 4.55 Å². The Morgan fingerprint density at radius 2 is 1.70 bits per heavy atom. The van der Waals surface area contributed by atoms with Crippen LogP contribution in [-0.2, 0) is 43.3 Å². The molecule has 0 unspecified atom stereocenters. The van der Waals surface area contributed by atoms with Crippen molar-refractivity contribution in [3.63, 3.8) is 0 Å². The molecule has 7 nitrogen and oxygen atoms in total. The maximum absolute atomic E-state index is 13.0. The minimum atomic E-state index is -5.75. The molecule has 140 valence electrons. The fourth-order valence-corrected chi connectivity index (χ4v) is 2.21. The number of hydrogen-bond acceptors (Lipinski definition) is 6. The summed E-state index contributed by atoms with van der Waals surface area (Å²) in [5, 5.41) is -4.69. The van der Waals surface area contributed by atoms with E-state index in [9.17, 15) is 26.8 Å². The van der Waals surface area contributed by atoms with Gasteiger partial charge in [-0.2, -0.15) is 17.2 Å². The molecule has 0 fully saturated rings. The summed E-state index contributed by atoms with van der Waals surface area (Å²) in [4.78, 5) is 23.6. The van der Waals surface area contributed by atoms with Gasteiger partial charge >= 0.3 is 27.3 Å². The average molecular weight is 396 g/mol. The van der Waals surface area contributed by atoms with Crippen molar-refractivity contribution in [2.45, 2.75) is 24.2 Å². The number of rotatable bonds is 9. The second kappa shape index (κ2) is 9.36. The summed E-state index contributed by atoms with van der Waals surface area (Å²) in [6, 6.07) is 3.05. The molecule has 1 aromatic carbocycles. The molecule has 0 saturated carbocycles. The second-order valence-corrected chi connectivity index (χ2v) is 6.79. The molecule has 27 heavy (non-hydrogen) atoms. The highest BCUT2D eigenvalue weighted by atomic mass is 32.2. The maximum atomic E-state index is 13.0. The number of hydrogen-bond donors (Lipinski definition) is 1. The van der Waals surface area contributed by atoms with Gasteiger partial charge in [0.15, 0.2) is 13.2 Å². The lowest BCUT2D eigenvalue weighted by molar-refractivity contribution is -0.153. The molecule has 0 atom stereocenters. The number of esters is 2. The van der Waals surface area contributed by atoms with Gasteiger partial charge in [-0.05, 0) is 11.6 Å². The highest BCUT2D eigenvalue weighted by molar-refractivity contribution is 7.86. The molecule has 1 rings (SSSR count). The summed E-state index contributed by atoms with van der Waals surface area (Å²) in [5.74, 6) is -2.45. The third kappa shape index (κ3) is 6.07. The zero-order valence-electron chi connectivity index (χ0n) is 14.0. The van der Waals surface area contributed by atoms with Crippen LogP contribution in [0.3, 0.4) is 0 Å². The van der Waals surface area contributed by atoms with Crippen LogP contribution < -0.4 is 0 Å². The van der Waals surface area contributed by atoms with Gasteiger partial charge in [0, 0.05) is 0 Å². The number of carbonyl (C=O) groups excluding carboxylic acids is 2. The van der Waals surface area contributed by atoms with Gasteiger partial charge in [0.05, 0.1) is 29.1 Å². The quantitative estimate of drug-likeness (QED) is 0.352. The van der Waals surface area contributed by atoms with Crippen molar-refractivity contribution < 1.29 is 40.8 Å². The van der Waals surface area contributed by atoms with Crippen LogP contribution in [0.5, 0.6) is 0 Å². The van der Waals surface area contributed by atoms with E-state index in [-0.39, 0.29) is 24.5 Å². The number of carbonyl (C=O) groups is 2. The summed E-state index contributed by atoms with van der Waals surface area (Å²) < 4.78 is 63.7. The summed E-state index contributed by atoms with van der Waals surface area (Å²) in [5.41, 5.74) is 1.46. The molecule has 0 spiro atoms. The Morgan fingerprint density at radius 1 is 1.07 bits per heavy atom. The van der Waals surface area contributed by atoms with Crippen molar-refractivity contribution in [2.75, 3.05) is 13.2 Å². The standard InChI is InChI=1S/C14H13B3F2O7S/c15-3-8-1-9(4-16)11(5-17)10(2-8)13(21)25-6-12(20)26-7-14(18,19)27(22,23)24/h1-2H,3-7H2,(H,22,23,24). The predicted molar refractivity (Wildman–Crippen MR) is 92.6 cm³/mol. The predicted octanol–water partition coefficient (Wildman–Crippen LogP) is -0.127. The largest absolute Gasteiger partial charge is 0.455 e. The minimum Gasteiger partial charge on any atom is -0.455 e. The lowest BCUT2D eigenvalue weighted by atomic mass is 9.81. The zero-order valence-corrected chi connectivity index (χ0v) is 14.8.